The zero-order valence-electron chi connectivity index (χ0n) is 19.4. The molecule has 4 heterocycles. The number of morpholine rings is 1. The zero-order valence-corrected chi connectivity index (χ0v) is 19.4. The van der Waals surface area contributed by atoms with Gasteiger partial charge in [0.15, 0.2) is 5.89 Å². The second-order valence-electron chi connectivity index (χ2n) is 8.84. The summed E-state index contributed by atoms with van der Waals surface area (Å²) in [4.78, 5) is 25.6. The van der Waals surface area contributed by atoms with E-state index in [1.807, 2.05) is 12.1 Å². The molecule has 8 nitrogen and oxygen atoms in total. The number of hydrogen-bond acceptors (Lipinski definition) is 6. The Morgan fingerprint density at radius 1 is 0.972 bits per heavy atom. The highest BCUT2D eigenvalue weighted by Crippen LogP contribution is 2.37. The van der Waals surface area contributed by atoms with Crippen LogP contribution in [0, 0.1) is 0 Å². The van der Waals surface area contributed by atoms with Gasteiger partial charge in [0.05, 0.1) is 19.1 Å². The van der Waals surface area contributed by atoms with E-state index in [4.69, 9.17) is 9.15 Å². The average molecular weight is 502 g/mol. The maximum absolute atomic E-state index is 13.3. The Labute approximate surface area is 205 Å². The van der Waals surface area contributed by atoms with E-state index in [0.717, 1.165) is 11.1 Å². The van der Waals surface area contributed by atoms with E-state index in [1.165, 1.54) is 12.1 Å². The summed E-state index contributed by atoms with van der Waals surface area (Å²) in [5.74, 6) is -0.0711. The van der Waals surface area contributed by atoms with E-state index in [9.17, 15) is 18.0 Å². The second kappa shape index (κ2) is 10.2. The lowest BCUT2D eigenvalue weighted by molar-refractivity contribution is -0.274. The molecule has 0 saturated carbocycles. The molecule has 2 atom stereocenters. The molecule has 0 bridgehead atoms. The number of amides is 2. The van der Waals surface area contributed by atoms with Gasteiger partial charge in [0.2, 0.25) is 0 Å². The molecule has 2 aliphatic rings. The number of ether oxygens (including phenoxy) is 2. The van der Waals surface area contributed by atoms with Crippen molar-refractivity contribution in [1.82, 2.24) is 19.8 Å². The maximum Gasteiger partial charge on any atom is 0.573 e. The largest absolute Gasteiger partial charge is 0.573 e. The van der Waals surface area contributed by atoms with Crippen LogP contribution < -0.4 is 4.74 Å². The Balaban J connectivity index is 1.39. The summed E-state index contributed by atoms with van der Waals surface area (Å²) in [6.07, 6.45) is 0.815. The van der Waals surface area contributed by atoms with Gasteiger partial charge < -0.3 is 23.7 Å². The van der Waals surface area contributed by atoms with E-state index in [-0.39, 0.29) is 23.6 Å². The average Bonchev–Trinajstić information content (AvgIpc) is 3.39. The highest BCUT2D eigenvalue weighted by atomic mass is 19.4. The molecule has 3 aromatic rings. The first kappa shape index (κ1) is 24.1. The summed E-state index contributed by atoms with van der Waals surface area (Å²) in [5, 5.41) is 0. The number of rotatable bonds is 4. The monoisotopic (exact) mass is 502 g/mol. The lowest BCUT2D eigenvalue weighted by Gasteiger charge is -2.40. The Kier molecular flexibility index (Phi) is 6.82. The predicted molar refractivity (Wildman–Crippen MR) is 122 cm³/mol. The number of carbonyl (C=O) groups excluding carboxylic acids is 1. The van der Waals surface area contributed by atoms with Crippen molar-refractivity contribution in [3.05, 3.63) is 66.5 Å². The molecule has 5 rings (SSSR count). The number of nitrogens with zero attached hydrogens (tertiary/aromatic N) is 4. The van der Waals surface area contributed by atoms with Gasteiger partial charge >= 0.3 is 12.4 Å². The fourth-order valence-corrected chi connectivity index (χ4v) is 4.70. The van der Waals surface area contributed by atoms with Crippen molar-refractivity contribution >= 4 is 6.03 Å². The summed E-state index contributed by atoms with van der Waals surface area (Å²) >= 11 is 0. The quantitative estimate of drug-likeness (QED) is 0.516. The number of urea groups is 1. The number of aromatic nitrogens is 2. The molecule has 1 aromatic carbocycles. The van der Waals surface area contributed by atoms with Crippen LogP contribution >= 0.6 is 0 Å². The standard InChI is InChI=1S/C25H25F3N4O4/c26-25(27,28)36-21-3-1-17(2-4-21)19-13-20(15-32(14-19)24(33)31-9-11-34-12-10-31)23-30-22(16-35-23)18-5-7-29-8-6-18/h1-8,16,19-20H,9-15H2. The van der Waals surface area contributed by atoms with Crippen molar-refractivity contribution in [3.8, 4) is 17.0 Å². The fourth-order valence-electron chi connectivity index (χ4n) is 4.70. The first-order chi connectivity index (χ1) is 17.4. The van der Waals surface area contributed by atoms with Crippen molar-refractivity contribution in [2.45, 2.75) is 24.6 Å². The number of alkyl halides is 3. The lowest BCUT2D eigenvalue weighted by Crippen LogP contribution is -2.52. The smallest absolute Gasteiger partial charge is 0.448 e. The summed E-state index contributed by atoms with van der Waals surface area (Å²) in [6, 6.07) is 9.41. The zero-order chi connectivity index (χ0) is 25.1. The Bertz CT molecular complexity index is 1160. The third-order valence-electron chi connectivity index (χ3n) is 6.44. The minimum Gasteiger partial charge on any atom is -0.448 e. The van der Waals surface area contributed by atoms with Crippen LogP contribution in [0.5, 0.6) is 5.75 Å². The van der Waals surface area contributed by atoms with Gasteiger partial charge in [-0.1, -0.05) is 12.1 Å². The van der Waals surface area contributed by atoms with E-state index in [1.54, 1.807) is 40.6 Å². The van der Waals surface area contributed by atoms with Gasteiger partial charge in [-0.25, -0.2) is 9.78 Å². The number of halogens is 3. The van der Waals surface area contributed by atoms with Crippen LogP contribution in [0.25, 0.3) is 11.3 Å². The summed E-state index contributed by atoms with van der Waals surface area (Å²) < 4.78 is 53.0. The van der Waals surface area contributed by atoms with Crippen molar-refractivity contribution < 1.29 is 31.9 Å². The SMILES string of the molecule is O=C(N1CCOCC1)N1CC(c2ccc(OC(F)(F)F)cc2)CC(c2nc(-c3ccncc3)co2)C1. The Hall–Kier alpha value is -3.60. The molecule has 36 heavy (non-hydrogen) atoms. The summed E-state index contributed by atoms with van der Waals surface area (Å²) in [5.41, 5.74) is 2.36. The van der Waals surface area contributed by atoms with Crippen molar-refractivity contribution in [2.75, 3.05) is 39.4 Å². The number of oxazole rings is 1. The number of hydrogen-bond donors (Lipinski definition) is 0. The molecule has 2 aromatic heterocycles. The van der Waals surface area contributed by atoms with E-state index in [2.05, 4.69) is 14.7 Å². The van der Waals surface area contributed by atoms with Crippen LogP contribution in [0.1, 0.15) is 29.7 Å². The highest BCUT2D eigenvalue weighted by Gasteiger charge is 2.36. The fraction of sp³-hybridized carbons (Fsp3) is 0.400. The van der Waals surface area contributed by atoms with E-state index >= 15 is 0 Å². The lowest BCUT2D eigenvalue weighted by atomic mass is 9.84. The van der Waals surface area contributed by atoms with Crippen LogP contribution in [0.2, 0.25) is 0 Å². The van der Waals surface area contributed by atoms with Crippen molar-refractivity contribution in [3.63, 3.8) is 0 Å². The minimum atomic E-state index is -4.75. The number of piperidine rings is 1. The van der Waals surface area contributed by atoms with Gasteiger partial charge in [0.25, 0.3) is 0 Å². The number of carbonyl (C=O) groups is 1. The molecule has 0 spiro atoms. The Morgan fingerprint density at radius 3 is 2.36 bits per heavy atom. The topological polar surface area (TPSA) is 80.9 Å². The number of likely N-dealkylation sites (tertiary alicyclic amines) is 1. The maximum atomic E-state index is 13.3. The van der Waals surface area contributed by atoms with Gasteiger partial charge in [0.1, 0.15) is 17.7 Å². The third-order valence-corrected chi connectivity index (χ3v) is 6.44. The molecule has 2 amide bonds. The van der Waals surface area contributed by atoms with E-state index in [0.29, 0.717) is 57.4 Å². The molecule has 2 saturated heterocycles. The first-order valence-electron chi connectivity index (χ1n) is 11.7. The minimum absolute atomic E-state index is 0.0917. The molecule has 190 valence electrons. The molecular weight excluding hydrogens is 477 g/mol. The van der Waals surface area contributed by atoms with Gasteiger partial charge in [-0.05, 0) is 36.2 Å². The van der Waals surface area contributed by atoms with Crippen LogP contribution in [0.3, 0.4) is 0 Å². The summed E-state index contributed by atoms with van der Waals surface area (Å²) in [6.45, 7) is 2.87. The number of benzene rings is 1. The predicted octanol–water partition coefficient (Wildman–Crippen LogP) is 4.66. The summed E-state index contributed by atoms with van der Waals surface area (Å²) in [7, 11) is 0. The van der Waals surface area contributed by atoms with Crippen LogP contribution in [0.4, 0.5) is 18.0 Å². The van der Waals surface area contributed by atoms with Crippen LogP contribution in [-0.2, 0) is 4.74 Å². The van der Waals surface area contributed by atoms with Gasteiger partial charge in [-0.3, -0.25) is 4.98 Å². The van der Waals surface area contributed by atoms with E-state index < -0.39 is 6.36 Å². The molecule has 11 heteroatoms. The molecule has 2 unspecified atom stereocenters. The molecule has 2 aliphatic heterocycles. The van der Waals surface area contributed by atoms with Crippen molar-refractivity contribution in [1.29, 1.82) is 0 Å². The van der Waals surface area contributed by atoms with Gasteiger partial charge in [-0.2, -0.15) is 0 Å². The first-order valence-corrected chi connectivity index (χ1v) is 11.7. The van der Waals surface area contributed by atoms with Crippen LogP contribution in [0.15, 0.2) is 59.5 Å². The van der Waals surface area contributed by atoms with Gasteiger partial charge in [0, 0.05) is 50.1 Å². The van der Waals surface area contributed by atoms with Crippen LogP contribution in [-0.4, -0.2) is 71.6 Å². The Morgan fingerprint density at radius 2 is 1.67 bits per heavy atom. The second-order valence-corrected chi connectivity index (χ2v) is 8.84. The molecular formula is C25H25F3N4O4. The normalized spacial score (nSPS) is 20.9. The molecule has 0 aliphatic carbocycles. The number of pyridine rings is 1. The molecule has 0 radical (unpaired) electrons. The van der Waals surface area contributed by atoms with Gasteiger partial charge in [-0.15, -0.1) is 13.2 Å². The third kappa shape index (κ3) is 5.62. The molecule has 0 N–H and O–H groups in total. The highest BCUT2D eigenvalue weighted by molar-refractivity contribution is 5.75. The van der Waals surface area contributed by atoms with Crippen molar-refractivity contribution in [2.24, 2.45) is 0 Å². The molecule has 2 fully saturated rings.